The monoisotopic (exact) mass is 288 g/mol. The van der Waals surface area contributed by atoms with E-state index in [1.165, 1.54) is 32.1 Å². The summed E-state index contributed by atoms with van der Waals surface area (Å²) in [6.07, 6.45) is 9.21. The Kier molecular flexibility index (Phi) is 11.8. The van der Waals surface area contributed by atoms with Crippen LogP contribution in [-0.4, -0.2) is 36.0 Å². The second-order valence-corrected chi connectivity index (χ2v) is 5.70. The van der Waals surface area contributed by atoms with Gasteiger partial charge >= 0.3 is 5.97 Å². The molecular weight excluding hydrogens is 256 g/mol. The molecule has 120 valence electrons. The molecule has 0 aliphatic rings. The Labute approximate surface area is 123 Å². The minimum atomic E-state index is -0.685. The first kappa shape index (κ1) is 19.4. The van der Waals surface area contributed by atoms with Gasteiger partial charge in [-0.3, -0.25) is 4.79 Å². The van der Waals surface area contributed by atoms with Gasteiger partial charge in [0.05, 0.1) is 18.6 Å². The molecule has 0 spiro atoms. The largest absolute Gasteiger partial charge is 0.465 e. The predicted octanol–water partition coefficient (Wildman–Crippen LogP) is 3.05. The zero-order valence-corrected chi connectivity index (χ0v) is 13.2. The van der Waals surface area contributed by atoms with E-state index in [4.69, 9.17) is 4.74 Å². The van der Waals surface area contributed by atoms with Crippen LogP contribution in [0.5, 0.6) is 0 Å². The van der Waals surface area contributed by atoms with E-state index in [-0.39, 0.29) is 25.8 Å². The lowest BCUT2D eigenvalue weighted by molar-refractivity contribution is -0.149. The van der Waals surface area contributed by atoms with Gasteiger partial charge in [0.2, 0.25) is 0 Å². The van der Waals surface area contributed by atoms with Crippen LogP contribution in [0.3, 0.4) is 0 Å². The first-order chi connectivity index (χ1) is 9.64. The Morgan fingerprint density at radius 2 is 1.50 bits per heavy atom. The average molecular weight is 288 g/mol. The predicted molar refractivity (Wildman–Crippen MR) is 80.5 cm³/mol. The van der Waals surface area contributed by atoms with Gasteiger partial charge in [0, 0.05) is 6.42 Å². The summed E-state index contributed by atoms with van der Waals surface area (Å²) in [6, 6.07) is 0. The Morgan fingerprint density at radius 3 is 2.00 bits per heavy atom. The van der Waals surface area contributed by atoms with Gasteiger partial charge in [0.25, 0.3) is 0 Å². The van der Waals surface area contributed by atoms with Gasteiger partial charge < -0.3 is 14.9 Å². The number of carbonyl (C=O) groups excluding carboxylic acids is 1. The molecule has 4 nitrogen and oxygen atoms in total. The Morgan fingerprint density at radius 1 is 0.950 bits per heavy atom. The molecule has 0 amide bonds. The van der Waals surface area contributed by atoms with Gasteiger partial charge in [-0.2, -0.15) is 0 Å². The number of hydrogen-bond donors (Lipinski definition) is 2. The standard InChI is InChI=1S/C16H32O4/c1-3-5-6-7-8-9-10-11-15(19)20-14-16(4-2,12-17)13-18/h17-18H,3-14H2,1-2H3. The van der Waals surface area contributed by atoms with Crippen molar-refractivity contribution >= 4 is 5.97 Å². The van der Waals surface area contributed by atoms with Gasteiger partial charge in [-0.05, 0) is 12.8 Å². The molecule has 2 N–H and O–H groups in total. The van der Waals surface area contributed by atoms with E-state index < -0.39 is 5.41 Å². The lowest BCUT2D eigenvalue weighted by atomic mass is 9.88. The average Bonchev–Trinajstić information content (AvgIpc) is 2.48. The minimum Gasteiger partial charge on any atom is -0.465 e. The van der Waals surface area contributed by atoms with Crippen molar-refractivity contribution in [2.45, 2.75) is 71.6 Å². The van der Waals surface area contributed by atoms with Crippen LogP contribution >= 0.6 is 0 Å². The van der Waals surface area contributed by atoms with E-state index in [1.807, 2.05) is 6.92 Å². The molecule has 0 rings (SSSR count). The summed E-state index contributed by atoms with van der Waals surface area (Å²) in [5.41, 5.74) is -0.685. The van der Waals surface area contributed by atoms with Gasteiger partial charge in [0.15, 0.2) is 0 Å². The first-order valence-electron chi connectivity index (χ1n) is 8.01. The van der Waals surface area contributed by atoms with Crippen molar-refractivity contribution in [3.05, 3.63) is 0 Å². The zero-order valence-electron chi connectivity index (χ0n) is 13.2. The summed E-state index contributed by atoms with van der Waals surface area (Å²) >= 11 is 0. The fourth-order valence-corrected chi connectivity index (χ4v) is 2.00. The van der Waals surface area contributed by atoms with E-state index in [0.29, 0.717) is 12.8 Å². The highest BCUT2D eigenvalue weighted by atomic mass is 16.5. The molecule has 0 atom stereocenters. The Bertz CT molecular complexity index is 228. The molecule has 0 aromatic carbocycles. The number of esters is 1. The van der Waals surface area contributed by atoms with Gasteiger partial charge in [-0.25, -0.2) is 0 Å². The summed E-state index contributed by atoms with van der Waals surface area (Å²) in [5.74, 6) is -0.224. The highest BCUT2D eigenvalue weighted by Gasteiger charge is 2.28. The number of rotatable bonds is 13. The summed E-state index contributed by atoms with van der Waals surface area (Å²) in [5, 5.41) is 18.5. The lowest BCUT2D eigenvalue weighted by Crippen LogP contribution is -2.35. The minimum absolute atomic E-state index is 0.103. The molecule has 20 heavy (non-hydrogen) atoms. The molecule has 0 heterocycles. The quantitative estimate of drug-likeness (QED) is 0.404. The smallest absolute Gasteiger partial charge is 0.305 e. The van der Waals surface area contributed by atoms with Crippen molar-refractivity contribution in [3.8, 4) is 0 Å². The summed E-state index contributed by atoms with van der Waals surface area (Å²) in [4.78, 5) is 11.6. The second-order valence-electron chi connectivity index (χ2n) is 5.70. The molecule has 0 aromatic heterocycles. The van der Waals surface area contributed by atoms with Crippen LogP contribution in [0, 0.1) is 5.41 Å². The van der Waals surface area contributed by atoms with Crippen LogP contribution in [-0.2, 0) is 9.53 Å². The number of ether oxygens (including phenoxy) is 1. The number of hydrogen-bond acceptors (Lipinski definition) is 4. The lowest BCUT2D eigenvalue weighted by Gasteiger charge is -2.27. The van der Waals surface area contributed by atoms with E-state index in [1.54, 1.807) is 0 Å². The molecule has 0 aliphatic carbocycles. The first-order valence-corrected chi connectivity index (χ1v) is 8.01. The van der Waals surface area contributed by atoms with E-state index in [0.717, 1.165) is 12.8 Å². The van der Waals surface area contributed by atoms with Crippen LogP contribution in [0.15, 0.2) is 0 Å². The van der Waals surface area contributed by atoms with Gasteiger partial charge in [-0.15, -0.1) is 0 Å². The SMILES string of the molecule is CCCCCCCCCC(=O)OCC(CC)(CO)CO. The molecule has 0 saturated carbocycles. The molecule has 0 aromatic rings. The highest BCUT2D eigenvalue weighted by molar-refractivity contribution is 5.69. The molecule has 0 saturated heterocycles. The molecule has 0 fully saturated rings. The third-order valence-corrected chi connectivity index (χ3v) is 3.94. The maximum atomic E-state index is 11.6. The number of aliphatic hydroxyl groups is 2. The van der Waals surface area contributed by atoms with E-state index in [9.17, 15) is 15.0 Å². The fourth-order valence-electron chi connectivity index (χ4n) is 2.00. The second kappa shape index (κ2) is 12.2. The van der Waals surface area contributed by atoms with Gasteiger partial charge in [0.1, 0.15) is 6.61 Å². The normalized spacial score (nSPS) is 11.6. The molecule has 0 unspecified atom stereocenters. The van der Waals surface area contributed by atoms with Crippen molar-refractivity contribution in [1.82, 2.24) is 0 Å². The fraction of sp³-hybridized carbons (Fsp3) is 0.938. The van der Waals surface area contributed by atoms with Crippen molar-refractivity contribution in [1.29, 1.82) is 0 Å². The van der Waals surface area contributed by atoms with E-state index >= 15 is 0 Å². The van der Waals surface area contributed by atoms with Crippen molar-refractivity contribution in [3.63, 3.8) is 0 Å². The third-order valence-electron chi connectivity index (χ3n) is 3.94. The molecule has 0 radical (unpaired) electrons. The maximum absolute atomic E-state index is 11.6. The Balaban J connectivity index is 3.63. The number of carbonyl (C=O) groups is 1. The molecule has 0 bridgehead atoms. The van der Waals surface area contributed by atoms with Crippen molar-refractivity contribution in [2.24, 2.45) is 5.41 Å². The molecule has 0 aliphatic heterocycles. The third kappa shape index (κ3) is 8.54. The van der Waals surface area contributed by atoms with Gasteiger partial charge in [-0.1, -0.05) is 52.4 Å². The van der Waals surface area contributed by atoms with Crippen LogP contribution in [0.1, 0.15) is 71.6 Å². The number of aliphatic hydroxyl groups excluding tert-OH is 2. The van der Waals surface area contributed by atoms with E-state index in [2.05, 4.69) is 6.92 Å². The Hall–Kier alpha value is -0.610. The maximum Gasteiger partial charge on any atom is 0.305 e. The summed E-state index contributed by atoms with van der Waals surface area (Å²) in [6.45, 7) is 3.85. The van der Waals surface area contributed by atoms with Crippen LogP contribution in [0.2, 0.25) is 0 Å². The van der Waals surface area contributed by atoms with Crippen molar-refractivity contribution in [2.75, 3.05) is 19.8 Å². The zero-order chi connectivity index (χ0) is 15.3. The number of unbranched alkanes of at least 4 members (excludes halogenated alkanes) is 6. The van der Waals surface area contributed by atoms with Crippen molar-refractivity contribution < 1.29 is 19.7 Å². The topological polar surface area (TPSA) is 66.8 Å². The molecular formula is C16H32O4. The van der Waals surface area contributed by atoms with Crippen LogP contribution in [0.25, 0.3) is 0 Å². The summed E-state index contributed by atoms with van der Waals surface area (Å²) < 4.78 is 5.17. The van der Waals surface area contributed by atoms with Crippen LogP contribution in [0.4, 0.5) is 0 Å². The highest BCUT2D eigenvalue weighted by Crippen LogP contribution is 2.21. The summed E-state index contributed by atoms with van der Waals surface area (Å²) in [7, 11) is 0. The van der Waals surface area contributed by atoms with Crippen LogP contribution < -0.4 is 0 Å². The molecule has 4 heteroatoms.